The third kappa shape index (κ3) is 3.53. The minimum atomic E-state index is 0.272. The third-order valence-corrected chi connectivity index (χ3v) is 5.01. The Morgan fingerprint density at radius 2 is 1.95 bits per heavy atom. The van der Waals surface area contributed by atoms with E-state index in [1.165, 1.54) is 12.0 Å². The normalized spacial score (nSPS) is 28.7. The van der Waals surface area contributed by atoms with Gasteiger partial charge in [-0.3, -0.25) is 9.69 Å². The van der Waals surface area contributed by atoms with Gasteiger partial charge in [0.2, 0.25) is 0 Å². The Labute approximate surface area is 127 Å². The monoisotopic (exact) mass is 286 g/mol. The van der Waals surface area contributed by atoms with Gasteiger partial charge in [-0.2, -0.15) is 0 Å². The molecule has 114 valence electrons. The second kappa shape index (κ2) is 6.71. The topological polar surface area (TPSA) is 23.6 Å². The first-order valence-corrected chi connectivity index (χ1v) is 8.24. The standard InChI is InChI=1S/C18H26N2O/c1-19-11-12-20(13-16-9-5-6-10-18(16)21)17(14-19)15-7-3-2-4-8-15/h2-4,7-8,16-17H,5-6,9-14H2,1H3. The van der Waals surface area contributed by atoms with Gasteiger partial charge < -0.3 is 4.90 Å². The molecule has 2 fully saturated rings. The van der Waals surface area contributed by atoms with E-state index < -0.39 is 0 Å². The molecule has 2 aliphatic rings. The number of likely N-dealkylation sites (N-methyl/N-ethyl adjacent to an activating group) is 1. The van der Waals surface area contributed by atoms with Crippen molar-refractivity contribution in [2.45, 2.75) is 31.7 Å². The van der Waals surface area contributed by atoms with E-state index in [4.69, 9.17) is 0 Å². The lowest BCUT2D eigenvalue weighted by Crippen LogP contribution is -2.49. The first-order chi connectivity index (χ1) is 10.2. The summed E-state index contributed by atoms with van der Waals surface area (Å²) in [7, 11) is 2.19. The summed E-state index contributed by atoms with van der Waals surface area (Å²) in [5, 5.41) is 0. The van der Waals surface area contributed by atoms with E-state index in [1.54, 1.807) is 0 Å². The van der Waals surface area contributed by atoms with Gasteiger partial charge in [-0.1, -0.05) is 36.8 Å². The molecule has 0 aromatic heterocycles. The fourth-order valence-corrected chi connectivity index (χ4v) is 3.70. The van der Waals surface area contributed by atoms with Gasteiger partial charge in [0.25, 0.3) is 0 Å². The first-order valence-electron chi connectivity index (χ1n) is 8.24. The number of carbonyl (C=O) groups excluding carboxylic acids is 1. The Hall–Kier alpha value is -1.19. The molecule has 0 bridgehead atoms. The van der Waals surface area contributed by atoms with Crippen LogP contribution >= 0.6 is 0 Å². The summed E-state index contributed by atoms with van der Waals surface area (Å²) in [6.45, 7) is 4.18. The number of hydrogen-bond donors (Lipinski definition) is 0. The summed E-state index contributed by atoms with van der Waals surface area (Å²) in [5.74, 6) is 0.764. The molecule has 1 aliphatic heterocycles. The Kier molecular flexibility index (Phi) is 4.71. The first kappa shape index (κ1) is 14.7. The fraction of sp³-hybridized carbons (Fsp3) is 0.611. The molecule has 1 aliphatic carbocycles. The molecule has 0 spiro atoms. The van der Waals surface area contributed by atoms with Crippen LogP contribution in [0.5, 0.6) is 0 Å². The van der Waals surface area contributed by atoms with E-state index in [-0.39, 0.29) is 5.92 Å². The van der Waals surface area contributed by atoms with Crippen molar-refractivity contribution in [3.63, 3.8) is 0 Å². The van der Waals surface area contributed by atoms with Crippen molar-refractivity contribution in [3.05, 3.63) is 35.9 Å². The molecular formula is C18H26N2O. The van der Waals surface area contributed by atoms with E-state index in [0.717, 1.165) is 45.4 Å². The van der Waals surface area contributed by atoms with Crippen LogP contribution in [-0.4, -0.2) is 48.8 Å². The van der Waals surface area contributed by atoms with Crippen LogP contribution in [0.2, 0.25) is 0 Å². The van der Waals surface area contributed by atoms with Gasteiger partial charge in [-0.05, 0) is 25.5 Å². The van der Waals surface area contributed by atoms with Crippen LogP contribution in [-0.2, 0) is 4.79 Å². The number of Topliss-reactive ketones (excluding diaryl/α,β-unsaturated/α-hetero) is 1. The van der Waals surface area contributed by atoms with Gasteiger partial charge >= 0.3 is 0 Å². The Balaban J connectivity index is 1.73. The van der Waals surface area contributed by atoms with Crippen LogP contribution in [0.3, 0.4) is 0 Å². The molecule has 2 unspecified atom stereocenters. The number of piperazine rings is 1. The average Bonchev–Trinajstić information content (AvgIpc) is 2.52. The van der Waals surface area contributed by atoms with Gasteiger partial charge in [0.05, 0.1) is 0 Å². The second-order valence-corrected chi connectivity index (χ2v) is 6.59. The predicted octanol–water partition coefficient (Wildman–Crippen LogP) is 2.73. The van der Waals surface area contributed by atoms with Crippen molar-refractivity contribution in [1.29, 1.82) is 0 Å². The average molecular weight is 286 g/mol. The van der Waals surface area contributed by atoms with Crippen LogP contribution in [0.4, 0.5) is 0 Å². The molecule has 3 heteroatoms. The summed E-state index contributed by atoms with van der Waals surface area (Å²) in [5.41, 5.74) is 1.38. The zero-order valence-electron chi connectivity index (χ0n) is 13.0. The third-order valence-electron chi connectivity index (χ3n) is 5.01. The summed E-state index contributed by atoms with van der Waals surface area (Å²) in [4.78, 5) is 17.1. The summed E-state index contributed by atoms with van der Waals surface area (Å²) in [6, 6.07) is 11.2. The van der Waals surface area contributed by atoms with E-state index in [2.05, 4.69) is 47.2 Å². The molecule has 1 aromatic carbocycles. The highest BCUT2D eigenvalue weighted by atomic mass is 16.1. The van der Waals surface area contributed by atoms with Crippen molar-refractivity contribution in [2.24, 2.45) is 5.92 Å². The minimum absolute atomic E-state index is 0.272. The molecule has 0 radical (unpaired) electrons. The zero-order chi connectivity index (χ0) is 14.7. The molecule has 1 aromatic rings. The fourth-order valence-electron chi connectivity index (χ4n) is 3.70. The Morgan fingerprint density at radius 3 is 2.71 bits per heavy atom. The summed E-state index contributed by atoms with van der Waals surface area (Å²) < 4.78 is 0. The molecule has 0 N–H and O–H groups in total. The lowest BCUT2D eigenvalue weighted by atomic mass is 9.87. The highest BCUT2D eigenvalue weighted by molar-refractivity contribution is 5.81. The molecular weight excluding hydrogens is 260 g/mol. The Morgan fingerprint density at radius 1 is 1.14 bits per heavy atom. The number of nitrogens with zero attached hydrogens (tertiary/aromatic N) is 2. The maximum absolute atomic E-state index is 12.1. The van der Waals surface area contributed by atoms with Crippen LogP contribution < -0.4 is 0 Å². The van der Waals surface area contributed by atoms with Gasteiger partial charge in [0.15, 0.2) is 0 Å². The van der Waals surface area contributed by atoms with Gasteiger partial charge in [-0.15, -0.1) is 0 Å². The van der Waals surface area contributed by atoms with Crippen LogP contribution in [0.15, 0.2) is 30.3 Å². The van der Waals surface area contributed by atoms with Crippen LogP contribution in [0.25, 0.3) is 0 Å². The molecule has 1 heterocycles. The van der Waals surface area contributed by atoms with Crippen molar-refractivity contribution < 1.29 is 4.79 Å². The largest absolute Gasteiger partial charge is 0.303 e. The molecule has 0 amide bonds. The maximum Gasteiger partial charge on any atom is 0.137 e. The molecule has 21 heavy (non-hydrogen) atoms. The van der Waals surface area contributed by atoms with Gasteiger partial charge in [0.1, 0.15) is 5.78 Å². The van der Waals surface area contributed by atoms with Crippen molar-refractivity contribution in [1.82, 2.24) is 9.80 Å². The molecule has 3 rings (SSSR count). The lowest BCUT2D eigenvalue weighted by molar-refractivity contribution is -0.125. The van der Waals surface area contributed by atoms with E-state index in [9.17, 15) is 4.79 Å². The number of ketones is 1. The minimum Gasteiger partial charge on any atom is -0.303 e. The van der Waals surface area contributed by atoms with Crippen molar-refractivity contribution in [2.75, 3.05) is 33.2 Å². The predicted molar refractivity (Wildman–Crippen MR) is 85.2 cm³/mol. The SMILES string of the molecule is CN1CCN(CC2CCCCC2=O)C(c2ccccc2)C1. The highest BCUT2D eigenvalue weighted by Crippen LogP contribution is 2.29. The molecule has 2 atom stereocenters. The quantitative estimate of drug-likeness (QED) is 0.853. The lowest BCUT2D eigenvalue weighted by Gasteiger charge is -2.42. The number of hydrogen-bond acceptors (Lipinski definition) is 3. The van der Waals surface area contributed by atoms with Crippen LogP contribution in [0, 0.1) is 5.92 Å². The van der Waals surface area contributed by atoms with E-state index in [1.807, 2.05) is 0 Å². The summed E-state index contributed by atoms with van der Waals surface area (Å²) >= 11 is 0. The van der Waals surface area contributed by atoms with Crippen molar-refractivity contribution >= 4 is 5.78 Å². The number of rotatable bonds is 3. The second-order valence-electron chi connectivity index (χ2n) is 6.59. The highest BCUT2D eigenvalue weighted by Gasteiger charge is 2.31. The van der Waals surface area contributed by atoms with Gasteiger partial charge in [-0.25, -0.2) is 0 Å². The van der Waals surface area contributed by atoms with E-state index >= 15 is 0 Å². The van der Waals surface area contributed by atoms with Crippen LogP contribution in [0.1, 0.15) is 37.3 Å². The number of benzene rings is 1. The maximum atomic E-state index is 12.1. The van der Waals surface area contributed by atoms with Gasteiger partial charge in [0, 0.05) is 44.6 Å². The molecule has 1 saturated carbocycles. The summed E-state index contributed by atoms with van der Waals surface area (Å²) in [6.07, 6.45) is 4.21. The zero-order valence-corrected chi connectivity index (χ0v) is 13.0. The molecule has 3 nitrogen and oxygen atoms in total. The van der Waals surface area contributed by atoms with Crippen molar-refractivity contribution in [3.8, 4) is 0 Å². The van der Waals surface area contributed by atoms with E-state index in [0.29, 0.717) is 11.8 Å². The Bertz CT molecular complexity index is 473. The smallest absolute Gasteiger partial charge is 0.137 e. The number of carbonyl (C=O) groups is 1. The molecule has 1 saturated heterocycles.